The van der Waals surface area contributed by atoms with Gasteiger partial charge in [-0.25, -0.2) is 9.78 Å². The molecule has 0 bridgehead atoms. The van der Waals surface area contributed by atoms with Crippen LogP contribution in [-0.4, -0.2) is 36.9 Å². The molecule has 2 atom stereocenters. The fourth-order valence-corrected chi connectivity index (χ4v) is 2.04. The van der Waals surface area contributed by atoms with Gasteiger partial charge in [0.25, 0.3) is 0 Å². The van der Waals surface area contributed by atoms with Crippen LogP contribution in [0.15, 0.2) is 18.3 Å². The summed E-state index contributed by atoms with van der Waals surface area (Å²) in [5.74, 6) is 0.513. The van der Waals surface area contributed by atoms with Crippen molar-refractivity contribution in [2.45, 2.75) is 31.9 Å². The van der Waals surface area contributed by atoms with Gasteiger partial charge >= 0.3 is 6.03 Å². The number of urea groups is 1. The third-order valence-corrected chi connectivity index (χ3v) is 3.08. The molecule has 1 aliphatic rings. The average Bonchev–Trinajstić information content (AvgIpc) is 2.93. The lowest BCUT2D eigenvalue weighted by molar-refractivity contribution is 0.0868. The molecule has 0 aromatic carbocycles. The summed E-state index contributed by atoms with van der Waals surface area (Å²) in [7, 11) is 1.55. The Balaban J connectivity index is 1.82. The smallest absolute Gasteiger partial charge is 0.319 e. The monoisotopic (exact) mass is 265 g/mol. The zero-order valence-corrected chi connectivity index (χ0v) is 11.2. The lowest BCUT2D eigenvalue weighted by Crippen LogP contribution is -2.42. The van der Waals surface area contributed by atoms with Crippen LogP contribution in [0, 0.1) is 0 Å². The van der Waals surface area contributed by atoms with E-state index in [1.54, 1.807) is 25.4 Å². The van der Waals surface area contributed by atoms with Crippen molar-refractivity contribution < 1.29 is 14.3 Å². The summed E-state index contributed by atoms with van der Waals surface area (Å²) in [5, 5.41) is 5.59. The van der Waals surface area contributed by atoms with Gasteiger partial charge < -0.3 is 20.1 Å². The zero-order valence-electron chi connectivity index (χ0n) is 11.2. The molecule has 1 aromatic heterocycles. The number of carbonyl (C=O) groups is 1. The lowest BCUT2D eigenvalue weighted by atomic mass is 10.1. The normalized spacial score (nSPS) is 19.8. The minimum Gasteiger partial charge on any atom is -0.481 e. The first-order valence-corrected chi connectivity index (χ1v) is 6.38. The molecule has 0 spiro atoms. The fourth-order valence-electron chi connectivity index (χ4n) is 2.04. The minimum atomic E-state index is -0.255. The number of anilines is 1. The molecule has 6 nitrogen and oxygen atoms in total. The van der Waals surface area contributed by atoms with Gasteiger partial charge in [-0.1, -0.05) is 0 Å². The van der Waals surface area contributed by atoms with E-state index in [2.05, 4.69) is 15.6 Å². The number of amides is 2. The first kappa shape index (κ1) is 13.6. The second kappa shape index (κ2) is 6.38. The van der Waals surface area contributed by atoms with E-state index in [0.29, 0.717) is 11.6 Å². The third kappa shape index (κ3) is 3.82. The summed E-state index contributed by atoms with van der Waals surface area (Å²) in [6, 6.07) is 3.17. The molecule has 6 heteroatoms. The van der Waals surface area contributed by atoms with Gasteiger partial charge in [-0.05, 0) is 25.8 Å². The maximum Gasteiger partial charge on any atom is 0.319 e. The predicted octanol–water partition coefficient (Wildman–Crippen LogP) is 1.78. The van der Waals surface area contributed by atoms with Crippen molar-refractivity contribution in [2.75, 3.05) is 19.0 Å². The molecule has 1 aromatic rings. The molecule has 1 aliphatic heterocycles. The van der Waals surface area contributed by atoms with E-state index in [0.717, 1.165) is 19.4 Å². The van der Waals surface area contributed by atoms with Gasteiger partial charge in [0.15, 0.2) is 0 Å². The van der Waals surface area contributed by atoms with Gasteiger partial charge in [0.2, 0.25) is 5.88 Å². The van der Waals surface area contributed by atoms with E-state index in [-0.39, 0.29) is 18.2 Å². The van der Waals surface area contributed by atoms with Gasteiger partial charge in [-0.2, -0.15) is 0 Å². The van der Waals surface area contributed by atoms with E-state index >= 15 is 0 Å². The van der Waals surface area contributed by atoms with Gasteiger partial charge in [0.1, 0.15) is 0 Å². The molecule has 0 unspecified atom stereocenters. The first-order valence-electron chi connectivity index (χ1n) is 6.38. The van der Waals surface area contributed by atoms with E-state index in [1.165, 1.54) is 0 Å². The Kier molecular flexibility index (Phi) is 4.57. The van der Waals surface area contributed by atoms with Crippen LogP contribution >= 0.6 is 0 Å². The molecule has 2 heterocycles. The lowest BCUT2D eigenvalue weighted by Gasteiger charge is -2.20. The molecule has 1 saturated heterocycles. The molecular weight excluding hydrogens is 246 g/mol. The molecule has 19 heavy (non-hydrogen) atoms. The summed E-state index contributed by atoms with van der Waals surface area (Å²) < 4.78 is 10.5. The van der Waals surface area contributed by atoms with Crippen molar-refractivity contribution >= 4 is 11.7 Å². The molecular formula is C13H19N3O3. The topological polar surface area (TPSA) is 72.5 Å². The number of nitrogens with zero attached hydrogens (tertiary/aromatic N) is 1. The molecule has 0 aliphatic carbocycles. The largest absolute Gasteiger partial charge is 0.481 e. The number of nitrogens with one attached hydrogen (secondary N) is 2. The van der Waals surface area contributed by atoms with Crippen molar-refractivity contribution in [3.8, 4) is 5.88 Å². The van der Waals surface area contributed by atoms with Gasteiger partial charge in [0, 0.05) is 12.7 Å². The summed E-state index contributed by atoms with van der Waals surface area (Å²) in [6.07, 6.45) is 3.71. The predicted molar refractivity (Wildman–Crippen MR) is 71.4 cm³/mol. The number of methoxy groups -OCH3 is 1. The molecule has 104 valence electrons. The third-order valence-electron chi connectivity index (χ3n) is 3.08. The summed E-state index contributed by atoms with van der Waals surface area (Å²) in [4.78, 5) is 15.8. The van der Waals surface area contributed by atoms with E-state index in [4.69, 9.17) is 9.47 Å². The number of hydrogen-bond acceptors (Lipinski definition) is 4. The molecule has 2 N–H and O–H groups in total. The Morgan fingerprint density at radius 2 is 2.42 bits per heavy atom. The molecule has 0 saturated carbocycles. The number of rotatable bonds is 4. The van der Waals surface area contributed by atoms with Crippen LogP contribution in [0.25, 0.3) is 0 Å². The maximum absolute atomic E-state index is 11.8. The van der Waals surface area contributed by atoms with Crippen LogP contribution in [0.4, 0.5) is 10.5 Å². The number of hydrogen-bond donors (Lipinski definition) is 2. The number of ether oxygens (including phenoxy) is 2. The van der Waals surface area contributed by atoms with Gasteiger partial charge in [-0.15, -0.1) is 0 Å². The Labute approximate surface area is 112 Å². The second-order valence-corrected chi connectivity index (χ2v) is 4.53. The zero-order chi connectivity index (χ0) is 13.7. The molecule has 2 amide bonds. The van der Waals surface area contributed by atoms with Crippen LogP contribution in [0.1, 0.15) is 19.8 Å². The van der Waals surface area contributed by atoms with Crippen molar-refractivity contribution in [2.24, 2.45) is 0 Å². The van der Waals surface area contributed by atoms with Gasteiger partial charge in [0.05, 0.1) is 31.1 Å². The van der Waals surface area contributed by atoms with Gasteiger partial charge in [-0.3, -0.25) is 0 Å². The Morgan fingerprint density at radius 3 is 3.00 bits per heavy atom. The Bertz CT molecular complexity index is 416. The van der Waals surface area contributed by atoms with E-state index in [1.807, 2.05) is 6.92 Å². The van der Waals surface area contributed by atoms with Crippen LogP contribution in [0.5, 0.6) is 5.88 Å². The average molecular weight is 265 g/mol. The Hall–Kier alpha value is -1.82. The number of pyridine rings is 1. The summed E-state index contributed by atoms with van der Waals surface area (Å²) in [6.45, 7) is 2.72. The van der Waals surface area contributed by atoms with Crippen molar-refractivity contribution in [3.63, 3.8) is 0 Å². The highest BCUT2D eigenvalue weighted by Gasteiger charge is 2.23. The van der Waals surface area contributed by atoms with Crippen molar-refractivity contribution in [3.05, 3.63) is 18.3 Å². The number of carbonyl (C=O) groups excluding carboxylic acids is 1. The van der Waals surface area contributed by atoms with E-state index in [9.17, 15) is 4.79 Å². The van der Waals surface area contributed by atoms with E-state index < -0.39 is 0 Å². The fraction of sp³-hybridized carbons (Fsp3) is 0.538. The van der Waals surface area contributed by atoms with Crippen LogP contribution in [0.2, 0.25) is 0 Å². The summed E-state index contributed by atoms with van der Waals surface area (Å²) >= 11 is 0. The summed E-state index contributed by atoms with van der Waals surface area (Å²) in [5.41, 5.74) is 0.623. The Morgan fingerprint density at radius 1 is 1.58 bits per heavy atom. The quantitative estimate of drug-likeness (QED) is 0.870. The van der Waals surface area contributed by atoms with Crippen LogP contribution < -0.4 is 15.4 Å². The highest BCUT2D eigenvalue weighted by molar-refractivity contribution is 5.89. The van der Waals surface area contributed by atoms with Crippen LogP contribution in [0.3, 0.4) is 0 Å². The molecule has 2 rings (SSSR count). The second-order valence-electron chi connectivity index (χ2n) is 4.53. The first-order chi connectivity index (χ1) is 9.19. The maximum atomic E-state index is 11.8. The standard InChI is InChI=1S/C13H19N3O3/c1-9(11-4-3-7-19-11)15-13(17)16-10-5-6-12(18-2)14-8-10/h5-6,8-9,11H,3-4,7H2,1-2H3,(H2,15,16,17)/t9-,11-/m1/s1. The molecule has 0 radical (unpaired) electrons. The highest BCUT2D eigenvalue weighted by Crippen LogP contribution is 2.15. The van der Waals surface area contributed by atoms with Crippen molar-refractivity contribution in [1.82, 2.24) is 10.3 Å². The van der Waals surface area contributed by atoms with Crippen LogP contribution in [-0.2, 0) is 4.74 Å². The highest BCUT2D eigenvalue weighted by atomic mass is 16.5. The SMILES string of the molecule is COc1ccc(NC(=O)N[C@H](C)[C@H]2CCCO2)cn1. The molecule has 1 fully saturated rings. The minimum absolute atomic E-state index is 0.00583. The number of aromatic nitrogens is 1. The van der Waals surface area contributed by atoms with Crippen molar-refractivity contribution in [1.29, 1.82) is 0 Å².